The zero-order chi connectivity index (χ0) is 24.7. The quantitative estimate of drug-likeness (QED) is 0.387. The molecule has 3 rings (SSSR count). The Balaban J connectivity index is 1.68. The summed E-state index contributed by atoms with van der Waals surface area (Å²) >= 11 is 0. The second-order valence-corrected chi connectivity index (χ2v) is 9.86. The van der Waals surface area contributed by atoms with Gasteiger partial charge in [-0.15, -0.1) is 0 Å². The molecule has 2 aromatic rings. The van der Waals surface area contributed by atoms with Crippen molar-refractivity contribution in [3.63, 3.8) is 0 Å². The van der Waals surface area contributed by atoms with Crippen LogP contribution in [0.1, 0.15) is 24.8 Å². The molecule has 10 nitrogen and oxygen atoms in total. The number of sulfonamides is 1. The van der Waals surface area contributed by atoms with E-state index in [1.54, 1.807) is 42.5 Å². The van der Waals surface area contributed by atoms with Crippen molar-refractivity contribution in [3.8, 4) is 0 Å². The Morgan fingerprint density at radius 3 is 2.38 bits per heavy atom. The highest BCUT2D eigenvalue weighted by Gasteiger charge is 2.40. The zero-order valence-corrected chi connectivity index (χ0v) is 19.3. The van der Waals surface area contributed by atoms with Gasteiger partial charge in [0.2, 0.25) is 21.8 Å². The number of carbonyl (C=O) groups is 3. The minimum absolute atomic E-state index is 0.00372. The number of benzene rings is 2. The van der Waals surface area contributed by atoms with Crippen LogP contribution in [0.25, 0.3) is 0 Å². The molecule has 1 saturated heterocycles. The first kappa shape index (κ1) is 25.3. The van der Waals surface area contributed by atoms with Gasteiger partial charge >= 0.3 is 5.97 Å². The molecule has 1 fully saturated rings. The van der Waals surface area contributed by atoms with Gasteiger partial charge in [0.05, 0.1) is 4.90 Å². The maximum atomic E-state index is 13.0. The number of nitrogens with one attached hydrogen (secondary N) is 2. The largest absolute Gasteiger partial charge is 0.480 e. The lowest BCUT2D eigenvalue weighted by Crippen LogP contribution is -2.51. The summed E-state index contributed by atoms with van der Waals surface area (Å²) < 4.78 is 27.1. The van der Waals surface area contributed by atoms with E-state index >= 15 is 0 Å². The van der Waals surface area contributed by atoms with Crippen LogP contribution in [-0.2, 0) is 30.8 Å². The van der Waals surface area contributed by atoms with Gasteiger partial charge in [-0.3, -0.25) is 9.59 Å². The summed E-state index contributed by atoms with van der Waals surface area (Å²) in [4.78, 5) is 36.5. The number of carboxylic acid groups (broad SMARTS) is 1. The fourth-order valence-electron chi connectivity index (χ4n) is 3.80. The summed E-state index contributed by atoms with van der Waals surface area (Å²) in [5.74, 6) is -2.10. The van der Waals surface area contributed by atoms with Gasteiger partial charge in [-0.25, -0.2) is 13.2 Å². The van der Waals surface area contributed by atoms with E-state index in [0.717, 1.165) is 4.31 Å². The average molecular weight is 489 g/mol. The van der Waals surface area contributed by atoms with Crippen molar-refractivity contribution in [2.45, 2.75) is 42.7 Å². The predicted molar refractivity (Wildman–Crippen MR) is 125 cm³/mol. The monoisotopic (exact) mass is 488 g/mol. The molecule has 1 heterocycles. The molecule has 0 aliphatic carbocycles. The van der Waals surface area contributed by atoms with Crippen LogP contribution in [0.15, 0.2) is 59.5 Å². The number of carboxylic acids is 1. The second-order valence-electron chi connectivity index (χ2n) is 7.97. The third-order valence-corrected chi connectivity index (χ3v) is 7.44. The molecule has 0 aromatic heterocycles. The van der Waals surface area contributed by atoms with Gasteiger partial charge in [-0.1, -0.05) is 30.3 Å². The SMILES string of the molecule is NCCC(=O)Nc1ccc(CC(NC(=O)C2CCCN2S(=O)(=O)c2ccccc2)C(=O)O)cc1. The number of hydrogen-bond donors (Lipinski definition) is 4. The van der Waals surface area contributed by atoms with Crippen molar-refractivity contribution in [2.24, 2.45) is 5.73 Å². The number of anilines is 1. The van der Waals surface area contributed by atoms with Gasteiger partial charge in [-0.05, 0) is 42.7 Å². The predicted octanol–water partition coefficient (Wildman–Crippen LogP) is 0.939. The first-order valence-corrected chi connectivity index (χ1v) is 12.4. The van der Waals surface area contributed by atoms with Crippen LogP contribution in [0, 0.1) is 0 Å². The van der Waals surface area contributed by atoms with E-state index in [0.29, 0.717) is 24.1 Å². The molecule has 2 aromatic carbocycles. The maximum Gasteiger partial charge on any atom is 0.326 e. The molecule has 0 radical (unpaired) electrons. The Labute approximate surface area is 198 Å². The number of rotatable bonds is 10. The van der Waals surface area contributed by atoms with E-state index < -0.39 is 34.0 Å². The topological polar surface area (TPSA) is 159 Å². The van der Waals surface area contributed by atoms with Crippen molar-refractivity contribution in [1.82, 2.24) is 9.62 Å². The van der Waals surface area contributed by atoms with Crippen molar-refractivity contribution in [1.29, 1.82) is 0 Å². The molecular formula is C23H28N4O6S. The number of aliphatic carboxylic acids is 1. The van der Waals surface area contributed by atoms with Crippen LogP contribution in [0.4, 0.5) is 5.69 Å². The average Bonchev–Trinajstić information content (AvgIpc) is 3.32. The first-order chi connectivity index (χ1) is 16.2. The Bertz CT molecular complexity index is 1120. The number of nitrogens with two attached hydrogens (primary N) is 1. The van der Waals surface area contributed by atoms with E-state index in [1.165, 1.54) is 12.1 Å². The molecule has 2 amide bonds. The first-order valence-electron chi connectivity index (χ1n) is 10.9. The Kier molecular flexibility index (Phi) is 8.37. The summed E-state index contributed by atoms with van der Waals surface area (Å²) in [6.07, 6.45) is 0.990. The second kappa shape index (κ2) is 11.2. The molecule has 0 spiro atoms. The number of carbonyl (C=O) groups excluding carboxylic acids is 2. The molecule has 0 bridgehead atoms. The highest BCUT2D eigenvalue weighted by Crippen LogP contribution is 2.26. The normalized spacial score (nSPS) is 17.1. The highest BCUT2D eigenvalue weighted by atomic mass is 32.2. The van der Waals surface area contributed by atoms with Crippen molar-refractivity contribution in [3.05, 3.63) is 60.2 Å². The summed E-state index contributed by atoms with van der Waals surface area (Å²) in [5.41, 5.74) is 6.53. The number of amides is 2. The molecule has 1 aliphatic rings. The zero-order valence-electron chi connectivity index (χ0n) is 18.5. The van der Waals surface area contributed by atoms with Gasteiger partial charge in [-0.2, -0.15) is 4.31 Å². The maximum absolute atomic E-state index is 13.0. The Morgan fingerprint density at radius 2 is 1.76 bits per heavy atom. The van der Waals surface area contributed by atoms with Crippen LogP contribution in [-0.4, -0.2) is 60.8 Å². The van der Waals surface area contributed by atoms with E-state index in [9.17, 15) is 27.9 Å². The molecule has 5 N–H and O–H groups in total. The summed E-state index contributed by atoms with van der Waals surface area (Å²) in [6.45, 7) is 0.416. The van der Waals surface area contributed by atoms with Crippen LogP contribution >= 0.6 is 0 Å². The van der Waals surface area contributed by atoms with Crippen molar-refractivity contribution in [2.75, 3.05) is 18.4 Å². The summed E-state index contributed by atoms with van der Waals surface area (Å²) in [7, 11) is -3.88. The number of hydrogen-bond acceptors (Lipinski definition) is 6. The fourth-order valence-corrected chi connectivity index (χ4v) is 5.48. The molecule has 34 heavy (non-hydrogen) atoms. The van der Waals surface area contributed by atoms with Gasteiger partial charge < -0.3 is 21.5 Å². The molecule has 182 valence electrons. The Morgan fingerprint density at radius 1 is 1.09 bits per heavy atom. The third kappa shape index (κ3) is 6.19. The van der Waals surface area contributed by atoms with Crippen molar-refractivity contribution >= 4 is 33.5 Å². The van der Waals surface area contributed by atoms with Crippen LogP contribution in [0.2, 0.25) is 0 Å². The fraction of sp³-hybridized carbons (Fsp3) is 0.348. The third-order valence-electron chi connectivity index (χ3n) is 5.52. The minimum Gasteiger partial charge on any atom is -0.480 e. The standard InChI is InChI=1S/C23H28N4O6S/c24-13-12-21(28)25-17-10-8-16(9-11-17)15-19(23(30)31)26-22(29)20-7-4-14-27(20)34(32,33)18-5-2-1-3-6-18/h1-3,5-6,8-11,19-20H,4,7,12-15,24H2,(H,25,28)(H,26,29)(H,30,31). The summed E-state index contributed by atoms with van der Waals surface area (Å²) in [5, 5.41) is 14.8. The highest BCUT2D eigenvalue weighted by molar-refractivity contribution is 7.89. The molecule has 11 heteroatoms. The molecular weight excluding hydrogens is 460 g/mol. The van der Waals surface area contributed by atoms with Crippen LogP contribution in [0.3, 0.4) is 0 Å². The number of nitrogens with zero attached hydrogens (tertiary/aromatic N) is 1. The van der Waals surface area contributed by atoms with E-state index in [-0.39, 0.29) is 36.7 Å². The smallest absolute Gasteiger partial charge is 0.326 e. The van der Waals surface area contributed by atoms with E-state index in [4.69, 9.17) is 5.73 Å². The van der Waals surface area contributed by atoms with Crippen molar-refractivity contribution < 1.29 is 27.9 Å². The minimum atomic E-state index is -3.88. The molecule has 1 aliphatic heterocycles. The van der Waals surface area contributed by atoms with E-state index in [1.807, 2.05) is 0 Å². The molecule has 2 atom stereocenters. The van der Waals surface area contributed by atoms with Gasteiger partial charge in [0.25, 0.3) is 0 Å². The van der Waals surface area contributed by atoms with Crippen LogP contribution < -0.4 is 16.4 Å². The van der Waals surface area contributed by atoms with Gasteiger partial charge in [0.15, 0.2) is 0 Å². The van der Waals surface area contributed by atoms with Gasteiger partial charge in [0, 0.05) is 31.6 Å². The van der Waals surface area contributed by atoms with E-state index in [2.05, 4.69) is 10.6 Å². The Hall–Kier alpha value is -3.28. The van der Waals surface area contributed by atoms with Crippen LogP contribution in [0.5, 0.6) is 0 Å². The van der Waals surface area contributed by atoms with Gasteiger partial charge in [0.1, 0.15) is 12.1 Å². The lowest BCUT2D eigenvalue weighted by molar-refractivity contribution is -0.142. The molecule has 0 saturated carbocycles. The summed E-state index contributed by atoms with van der Waals surface area (Å²) in [6, 6.07) is 12.2. The molecule has 2 unspecified atom stereocenters. The lowest BCUT2D eigenvalue weighted by atomic mass is 10.0. The lowest BCUT2D eigenvalue weighted by Gasteiger charge is -2.25.